The number of thiazole rings is 1. The SMILES string of the molecule is Cc1nc(C2CCCN(C)C2)sc1C(=O)Nc1ccc(-c2ccn[nH]2)cc1. The molecule has 1 aliphatic rings. The summed E-state index contributed by atoms with van der Waals surface area (Å²) in [5, 5.41) is 11.0. The summed E-state index contributed by atoms with van der Waals surface area (Å²) >= 11 is 1.53. The molecule has 0 aliphatic carbocycles. The number of likely N-dealkylation sites (N-methyl/N-ethyl adjacent to an activating group) is 1. The van der Waals surface area contributed by atoms with Crippen molar-refractivity contribution in [3.63, 3.8) is 0 Å². The number of H-pyrrole nitrogens is 1. The highest BCUT2D eigenvalue weighted by Crippen LogP contribution is 2.31. The van der Waals surface area contributed by atoms with Gasteiger partial charge in [0.1, 0.15) is 4.88 Å². The van der Waals surface area contributed by atoms with Gasteiger partial charge in [-0.05, 0) is 57.1 Å². The molecule has 1 atom stereocenters. The number of aryl methyl sites for hydroxylation is 1. The minimum Gasteiger partial charge on any atom is -0.321 e. The predicted molar refractivity (Wildman–Crippen MR) is 108 cm³/mol. The lowest BCUT2D eigenvalue weighted by molar-refractivity contribution is 0.103. The van der Waals surface area contributed by atoms with Gasteiger partial charge in [-0.1, -0.05) is 12.1 Å². The molecular formula is C20H23N5OS. The number of hydrogen-bond donors (Lipinski definition) is 2. The largest absolute Gasteiger partial charge is 0.321 e. The van der Waals surface area contributed by atoms with E-state index >= 15 is 0 Å². The van der Waals surface area contributed by atoms with Gasteiger partial charge < -0.3 is 10.2 Å². The van der Waals surface area contributed by atoms with Crippen LogP contribution in [0.15, 0.2) is 36.5 Å². The molecule has 6 nitrogen and oxygen atoms in total. The average Bonchev–Trinajstić information content (AvgIpc) is 3.32. The Morgan fingerprint density at radius 3 is 2.81 bits per heavy atom. The fourth-order valence-electron chi connectivity index (χ4n) is 3.51. The van der Waals surface area contributed by atoms with E-state index in [0.29, 0.717) is 10.8 Å². The number of rotatable bonds is 4. The Balaban J connectivity index is 1.46. The summed E-state index contributed by atoms with van der Waals surface area (Å²) in [6, 6.07) is 9.65. The molecule has 0 saturated carbocycles. The number of likely N-dealkylation sites (tertiary alicyclic amines) is 1. The van der Waals surface area contributed by atoms with Crippen molar-refractivity contribution in [2.45, 2.75) is 25.7 Å². The summed E-state index contributed by atoms with van der Waals surface area (Å²) in [4.78, 5) is 20.5. The summed E-state index contributed by atoms with van der Waals surface area (Å²) in [7, 11) is 2.15. The molecule has 2 aromatic heterocycles. The molecule has 1 aromatic carbocycles. The number of benzene rings is 1. The number of carbonyl (C=O) groups is 1. The van der Waals surface area contributed by atoms with Crippen LogP contribution >= 0.6 is 11.3 Å². The molecule has 140 valence electrons. The maximum absolute atomic E-state index is 12.7. The summed E-state index contributed by atoms with van der Waals surface area (Å²) in [6.45, 7) is 4.08. The first-order valence-corrected chi connectivity index (χ1v) is 9.99. The van der Waals surface area contributed by atoms with E-state index in [1.807, 2.05) is 37.3 Å². The lowest BCUT2D eigenvalue weighted by Crippen LogP contribution is -2.30. The maximum Gasteiger partial charge on any atom is 0.267 e. The Morgan fingerprint density at radius 2 is 2.11 bits per heavy atom. The topological polar surface area (TPSA) is 73.9 Å². The van der Waals surface area contributed by atoms with Crippen molar-refractivity contribution >= 4 is 22.9 Å². The lowest BCUT2D eigenvalue weighted by Gasteiger charge is -2.28. The van der Waals surface area contributed by atoms with E-state index in [9.17, 15) is 4.79 Å². The third kappa shape index (κ3) is 3.94. The van der Waals surface area contributed by atoms with Crippen molar-refractivity contribution in [2.75, 3.05) is 25.5 Å². The van der Waals surface area contributed by atoms with Crippen molar-refractivity contribution in [3.05, 3.63) is 52.1 Å². The number of anilines is 1. The van der Waals surface area contributed by atoms with Gasteiger partial charge in [-0.25, -0.2) is 4.98 Å². The second kappa shape index (κ2) is 7.62. The molecule has 0 radical (unpaired) electrons. The van der Waals surface area contributed by atoms with E-state index in [-0.39, 0.29) is 5.91 Å². The van der Waals surface area contributed by atoms with Crippen LogP contribution in [0.3, 0.4) is 0 Å². The molecule has 1 amide bonds. The van der Waals surface area contributed by atoms with E-state index in [1.54, 1.807) is 6.20 Å². The monoisotopic (exact) mass is 381 g/mol. The second-order valence-electron chi connectivity index (χ2n) is 7.07. The zero-order chi connectivity index (χ0) is 18.8. The first-order chi connectivity index (χ1) is 13.1. The molecule has 1 aliphatic heterocycles. The Morgan fingerprint density at radius 1 is 1.30 bits per heavy atom. The highest BCUT2D eigenvalue weighted by atomic mass is 32.1. The van der Waals surface area contributed by atoms with Crippen molar-refractivity contribution in [1.29, 1.82) is 0 Å². The van der Waals surface area contributed by atoms with Crippen LogP contribution < -0.4 is 5.32 Å². The van der Waals surface area contributed by atoms with Gasteiger partial charge in [0.25, 0.3) is 5.91 Å². The Hall–Kier alpha value is -2.51. The highest BCUT2D eigenvalue weighted by Gasteiger charge is 2.24. The first kappa shape index (κ1) is 17.9. The van der Waals surface area contributed by atoms with Gasteiger partial charge in [0.15, 0.2) is 0 Å². The standard InChI is InChI=1S/C20H23N5OS/c1-13-18(27-20(22-13)15-4-3-11-25(2)12-15)19(26)23-16-7-5-14(6-8-16)17-9-10-21-24-17/h5-10,15H,3-4,11-12H2,1-2H3,(H,21,24)(H,23,26). The quantitative estimate of drug-likeness (QED) is 0.719. The molecule has 7 heteroatoms. The van der Waals surface area contributed by atoms with Gasteiger partial charge in [0.2, 0.25) is 0 Å². The van der Waals surface area contributed by atoms with Crippen LogP contribution in [0.4, 0.5) is 5.69 Å². The van der Waals surface area contributed by atoms with Gasteiger partial charge in [-0.2, -0.15) is 5.10 Å². The van der Waals surface area contributed by atoms with Crippen molar-refractivity contribution < 1.29 is 4.79 Å². The molecule has 0 bridgehead atoms. The highest BCUT2D eigenvalue weighted by molar-refractivity contribution is 7.14. The summed E-state index contributed by atoms with van der Waals surface area (Å²) in [5.41, 5.74) is 3.57. The Labute approximate surface area is 162 Å². The van der Waals surface area contributed by atoms with E-state index in [1.165, 1.54) is 17.8 Å². The molecular weight excluding hydrogens is 358 g/mol. The van der Waals surface area contributed by atoms with E-state index in [0.717, 1.165) is 47.2 Å². The van der Waals surface area contributed by atoms with E-state index in [4.69, 9.17) is 4.98 Å². The minimum absolute atomic E-state index is 0.0882. The smallest absolute Gasteiger partial charge is 0.267 e. The molecule has 0 spiro atoms. The van der Waals surface area contributed by atoms with Crippen LogP contribution in [0, 0.1) is 6.92 Å². The third-order valence-electron chi connectivity index (χ3n) is 4.95. The molecule has 3 aromatic rings. The molecule has 1 fully saturated rings. The van der Waals surface area contributed by atoms with Crippen LogP contribution in [-0.2, 0) is 0 Å². The number of aromatic nitrogens is 3. The zero-order valence-electron chi connectivity index (χ0n) is 15.5. The van der Waals surface area contributed by atoms with Crippen molar-refractivity contribution in [2.24, 2.45) is 0 Å². The molecule has 3 heterocycles. The summed E-state index contributed by atoms with van der Waals surface area (Å²) in [6.07, 6.45) is 4.05. The fraction of sp³-hybridized carbons (Fsp3) is 0.350. The number of piperidine rings is 1. The molecule has 4 rings (SSSR count). The van der Waals surface area contributed by atoms with Gasteiger partial charge in [-0.15, -0.1) is 11.3 Å². The second-order valence-corrected chi connectivity index (χ2v) is 8.10. The normalized spacial score (nSPS) is 17.8. The predicted octanol–water partition coefficient (Wildman–Crippen LogP) is 3.90. The zero-order valence-corrected chi connectivity index (χ0v) is 16.3. The van der Waals surface area contributed by atoms with Gasteiger partial charge in [0.05, 0.1) is 16.4 Å². The van der Waals surface area contributed by atoms with Gasteiger partial charge in [-0.3, -0.25) is 9.89 Å². The maximum atomic E-state index is 12.7. The number of nitrogens with one attached hydrogen (secondary N) is 2. The number of amides is 1. The first-order valence-electron chi connectivity index (χ1n) is 9.17. The van der Waals surface area contributed by atoms with Crippen LogP contribution in [0.25, 0.3) is 11.3 Å². The number of aromatic amines is 1. The van der Waals surface area contributed by atoms with Crippen LogP contribution in [0.5, 0.6) is 0 Å². The molecule has 1 unspecified atom stereocenters. The molecule has 27 heavy (non-hydrogen) atoms. The minimum atomic E-state index is -0.0882. The van der Waals surface area contributed by atoms with Crippen molar-refractivity contribution in [1.82, 2.24) is 20.1 Å². The van der Waals surface area contributed by atoms with Gasteiger partial charge >= 0.3 is 0 Å². The van der Waals surface area contributed by atoms with Crippen molar-refractivity contribution in [3.8, 4) is 11.3 Å². The van der Waals surface area contributed by atoms with E-state index < -0.39 is 0 Å². The van der Waals surface area contributed by atoms with Gasteiger partial charge in [0, 0.05) is 24.3 Å². The fourth-order valence-corrected chi connectivity index (χ4v) is 4.60. The molecule has 2 N–H and O–H groups in total. The summed E-state index contributed by atoms with van der Waals surface area (Å²) in [5.74, 6) is 0.345. The van der Waals surface area contributed by atoms with Crippen LogP contribution in [-0.4, -0.2) is 46.1 Å². The summed E-state index contributed by atoms with van der Waals surface area (Å²) < 4.78 is 0. The Bertz CT molecular complexity index is 917. The van der Waals surface area contributed by atoms with Crippen LogP contribution in [0.1, 0.15) is 39.1 Å². The third-order valence-corrected chi connectivity index (χ3v) is 6.27. The van der Waals surface area contributed by atoms with Crippen LogP contribution in [0.2, 0.25) is 0 Å². The molecule has 1 saturated heterocycles. The number of carbonyl (C=O) groups excluding carboxylic acids is 1. The number of hydrogen-bond acceptors (Lipinski definition) is 5. The lowest BCUT2D eigenvalue weighted by atomic mass is 9.99. The van der Waals surface area contributed by atoms with E-state index in [2.05, 4.69) is 27.5 Å². The number of nitrogens with zero attached hydrogens (tertiary/aromatic N) is 3. The average molecular weight is 382 g/mol. The Kier molecular flexibility index (Phi) is 5.05.